The van der Waals surface area contributed by atoms with Crippen LogP contribution in [0.1, 0.15) is 33.1 Å². The lowest BCUT2D eigenvalue weighted by Crippen LogP contribution is -2.40. The van der Waals surface area contributed by atoms with Gasteiger partial charge in [0.15, 0.2) is 0 Å². The minimum atomic E-state index is -0.883. The number of aliphatic carboxylic acids is 1. The average Bonchev–Trinajstić information content (AvgIpc) is 2.43. The maximum Gasteiger partial charge on any atom is 0.317 e. The Labute approximate surface area is 101 Å². The third kappa shape index (κ3) is 2.37. The molecule has 96 valence electrons. The van der Waals surface area contributed by atoms with Gasteiger partial charge in [0.1, 0.15) is 0 Å². The molecule has 0 aromatic rings. The zero-order valence-electron chi connectivity index (χ0n) is 10.4. The van der Waals surface area contributed by atoms with Crippen LogP contribution < -0.4 is 5.32 Å². The number of carboxylic acids is 1. The van der Waals surface area contributed by atoms with E-state index in [4.69, 9.17) is 5.11 Å². The van der Waals surface area contributed by atoms with Crippen molar-refractivity contribution in [3.8, 4) is 0 Å². The van der Waals surface area contributed by atoms with E-state index >= 15 is 0 Å². The van der Waals surface area contributed by atoms with E-state index in [1.807, 2.05) is 0 Å². The van der Waals surface area contributed by atoms with E-state index in [-0.39, 0.29) is 18.6 Å². The van der Waals surface area contributed by atoms with Gasteiger partial charge >= 0.3 is 12.0 Å². The van der Waals surface area contributed by atoms with Gasteiger partial charge in [-0.2, -0.15) is 0 Å². The van der Waals surface area contributed by atoms with Gasteiger partial charge in [-0.3, -0.25) is 4.79 Å². The number of hydrogen-bond acceptors (Lipinski definition) is 2. The zero-order chi connectivity index (χ0) is 12.6. The van der Waals surface area contributed by atoms with Crippen molar-refractivity contribution in [1.29, 1.82) is 0 Å². The smallest absolute Gasteiger partial charge is 0.317 e. The van der Waals surface area contributed by atoms with Crippen molar-refractivity contribution in [1.82, 2.24) is 10.2 Å². The fourth-order valence-corrected chi connectivity index (χ4v) is 2.41. The van der Waals surface area contributed by atoms with Crippen molar-refractivity contribution in [2.45, 2.75) is 39.2 Å². The van der Waals surface area contributed by atoms with Crippen LogP contribution in [0.3, 0.4) is 0 Å². The van der Waals surface area contributed by atoms with Crippen LogP contribution in [-0.2, 0) is 4.79 Å². The molecule has 0 aromatic carbocycles. The summed E-state index contributed by atoms with van der Waals surface area (Å²) in [5, 5.41) is 12.0. The van der Waals surface area contributed by atoms with E-state index < -0.39 is 11.4 Å². The standard InChI is InChI=1S/C12H20N2O3/c1-12(2,10(15)16)7-14-6-9(13-11(14)17)8-4-3-5-8/h8-9H,3-7H2,1-2H3,(H,13,17)(H,15,16). The summed E-state index contributed by atoms with van der Waals surface area (Å²) in [6.45, 7) is 4.23. The van der Waals surface area contributed by atoms with Gasteiger partial charge in [0.25, 0.3) is 0 Å². The molecule has 0 aromatic heterocycles. The number of nitrogens with zero attached hydrogens (tertiary/aromatic N) is 1. The van der Waals surface area contributed by atoms with Crippen LogP contribution in [-0.4, -0.2) is 41.1 Å². The first kappa shape index (κ1) is 12.2. The molecule has 1 unspecified atom stereocenters. The van der Waals surface area contributed by atoms with Gasteiger partial charge in [-0.15, -0.1) is 0 Å². The molecule has 1 aliphatic carbocycles. The third-order valence-corrected chi connectivity index (χ3v) is 3.90. The van der Waals surface area contributed by atoms with E-state index in [1.165, 1.54) is 19.3 Å². The molecule has 2 amide bonds. The van der Waals surface area contributed by atoms with Crippen molar-refractivity contribution < 1.29 is 14.7 Å². The summed E-state index contributed by atoms with van der Waals surface area (Å²) in [4.78, 5) is 24.4. The Hall–Kier alpha value is -1.26. The molecule has 0 spiro atoms. The molecular weight excluding hydrogens is 220 g/mol. The monoisotopic (exact) mass is 240 g/mol. The second-order valence-corrected chi connectivity index (χ2v) is 5.82. The fourth-order valence-electron chi connectivity index (χ4n) is 2.41. The highest BCUT2D eigenvalue weighted by Crippen LogP contribution is 2.32. The molecule has 2 aliphatic rings. The SMILES string of the molecule is CC(C)(CN1CC(C2CCC2)NC1=O)C(=O)O. The van der Waals surface area contributed by atoms with Crippen molar-refractivity contribution in [2.75, 3.05) is 13.1 Å². The lowest BCUT2D eigenvalue weighted by Gasteiger charge is -2.31. The number of rotatable bonds is 4. The van der Waals surface area contributed by atoms with Gasteiger partial charge in [0, 0.05) is 13.1 Å². The van der Waals surface area contributed by atoms with Gasteiger partial charge in [-0.25, -0.2) is 4.79 Å². The molecule has 1 aliphatic heterocycles. The Balaban J connectivity index is 1.93. The van der Waals surface area contributed by atoms with Crippen molar-refractivity contribution in [3.63, 3.8) is 0 Å². The van der Waals surface area contributed by atoms with Crippen LogP contribution in [0, 0.1) is 11.3 Å². The van der Waals surface area contributed by atoms with Crippen LogP contribution in [0.4, 0.5) is 4.79 Å². The van der Waals surface area contributed by atoms with Gasteiger partial charge in [0.2, 0.25) is 0 Å². The molecule has 0 bridgehead atoms. The zero-order valence-corrected chi connectivity index (χ0v) is 10.4. The number of nitrogens with one attached hydrogen (secondary N) is 1. The Bertz CT molecular complexity index is 337. The topological polar surface area (TPSA) is 69.6 Å². The number of carboxylic acid groups (broad SMARTS) is 1. The first-order chi connectivity index (χ1) is 7.90. The molecule has 2 fully saturated rings. The van der Waals surface area contributed by atoms with Crippen LogP contribution in [0.25, 0.3) is 0 Å². The van der Waals surface area contributed by atoms with Gasteiger partial charge in [0.05, 0.1) is 11.5 Å². The quantitative estimate of drug-likeness (QED) is 0.778. The van der Waals surface area contributed by atoms with Crippen molar-refractivity contribution in [2.24, 2.45) is 11.3 Å². The largest absolute Gasteiger partial charge is 0.481 e. The third-order valence-electron chi connectivity index (χ3n) is 3.90. The van der Waals surface area contributed by atoms with E-state index in [9.17, 15) is 9.59 Å². The molecule has 2 rings (SSSR count). The summed E-state index contributed by atoms with van der Waals surface area (Å²) >= 11 is 0. The fraction of sp³-hybridized carbons (Fsp3) is 0.833. The van der Waals surface area contributed by atoms with E-state index in [0.29, 0.717) is 12.5 Å². The predicted molar refractivity (Wildman–Crippen MR) is 62.7 cm³/mol. The summed E-state index contributed by atoms with van der Waals surface area (Å²) in [5.41, 5.74) is -0.883. The second kappa shape index (κ2) is 4.20. The average molecular weight is 240 g/mol. The number of hydrogen-bond donors (Lipinski definition) is 2. The summed E-state index contributed by atoms with van der Waals surface area (Å²) in [7, 11) is 0. The molecule has 0 radical (unpaired) electrons. The first-order valence-corrected chi connectivity index (χ1v) is 6.19. The molecule has 1 atom stereocenters. The lowest BCUT2D eigenvalue weighted by molar-refractivity contribution is -0.147. The summed E-state index contributed by atoms with van der Waals surface area (Å²) in [6.07, 6.45) is 3.61. The molecular formula is C12H20N2O3. The first-order valence-electron chi connectivity index (χ1n) is 6.19. The van der Waals surface area contributed by atoms with E-state index in [1.54, 1.807) is 18.7 Å². The van der Waals surface area contributed by atoms with Crippen LogP contribution in [0.2, 0.25) is 0 Å². The molecule has 5 heteroatoms. The molecule has 1 heterocycles. The number of carbonyl (C=O) groups excluding carboxylic acids is 1. The summed E-state index contributed by atoms with van der Waals surface area (Å²) in [6, 6.07) is 0.108. The molecule has 2 N–H and O–H groups in total. The van der Waals surface area contributed by atoms with Gasteiger partial charge in [-0.05, 0) is 32.6 Å². The maximum atomic E-state index is 11.8. The summed E-state index contributed by atoms with van der Waals surface area (Å²) in [5.74, 6) is -0.269. The minimum Gasteiger partial charge on any atom is -0.481 e. The van der Waals surface area contributed by atoms with E-state index in [2.05, 4.69) is 5.32 Å². The molecule has 1 saturated heterocycles. The number of urea groups is 1. The second-order valence-electron chi connectivity index (χ2n) is 5.82. The Morgan fingerprint density at radius 3 is 2.65 bits per heavy atom. The lowest BCUT2D eigenvalue weighted by atomic mass is 9.80. The molecule has 1 saturated carbocycles. The van der Waals surface area contributed by atoms with Gasteiger partial charge < -0.3 is 15.3 Å². The molecule has 5 nitrogen and oxygen atoms in total. The number of amides is 2. The maximum absolute atomic E-state index is 11.8. The highest BCUT2D eigenvalue weighted by atomic mass is 16.4. The van der Waals surface area contributed by atoms with Crippen LogP contribution in [0.15, 0.2) is 0 Å². The normalized spacial score (nSPS) is 25.6. The minimum absolute atomic E-state index is 0.115. The Kier molecular flexibility index (Phi) is 3.02. The van der Waals surface area contributed by atoms with Crippen LogP contribution >= 0.6 is 0 Å². The summed E-state index contributed by atoms with van der Waals surface area (Å²) < 4.78 is 0. The number of carbonyl (C=O) groups is 2. The van der Waals surface area contributed by atoms with Crippen molar-refractivity contribution >= 4 is 12.0 Å². The van der Waals surface area contributed by atoms with Gasteiger partial charge in [-0.1, -0.05) is 6.42 Å². The van der Waals surface area contributed by atoms with Crippen LogP contribution in [0.5, 0.6) is 0 Å². The Morgan fingerprint density at radius 2 is 2.18 bits per heavy atom. The highest BCUT2D eigenvalue weighted by Gasteiger charge is 2.40. The highest BCUT2D eigenvalue weighted by molar-refractivity contribution is 5.79. The predicted octanol–water partition coefficient (Wildman–Crippen LogP) is 1.29. The Morgan fingerprint density at radius 1 is 1.53 bits per heavy atom. The van der Waals surface area contributed by atoms with Crippen molar-refractivity contribution in [3.05, 3.63) is 0 Å². The van der Waals surface area contributed by atoms with E-state index in [0.717, 1.165) is 0 Å². The molecule has 17 heavy (non-hydrogen) atoms.